The first kappa shape index (κ1) is 16.3. The molecule has 0 spiro atoms. The number of H-pyrrole nitrogens is 1. The molecule has 1 aromatic heterocycles. The van der Waals surface area contributed by atoms with Gasteiger partial charge < -0.3 is 14.8 Å². The van der Waals surface area contributed by atoms with Gasteiger partial charge in [-0.3, -0.25) is 9.59 Å². The molecule has 1 aliphatic heterocycles. The molecule has 4 rings (SSSR count). The summed E-state index contributed by atoms with van der Waals surface area (Å²) in [6.07, 6.45) is 0. The fraction of sp³-hybridized carbons (Fsp3) is 0.250. The highest BCUT2D eigenvalue weighted by Crippen LogP contribution is 2.18. The summed E-state index contributed by atoms with van der Waals surface area (Å²) in [7, 11) is 0. The summed E-state index contributed by atoms with van der Waals surface area (Å²) in [5, 5.41) is 0.494. The number of para-hydroxylation sites is 1. The molecule has 1 fully saturated rings. The molecule has 26 heavy (non-hydrogen) atoms. The van der Waals surface area contributed by atoms with Crippen LogP contribution in [0.4, 0.5) is 5.69 Å². The van der Waals surface area contributed by atoms with Crippen LogP contribution in [0.25, 0.3) is 10.9 Å². The first-order valence-electron chi connectivity index (χ1n) is 8.72. The van der Waals surface area contributed by atoms with Gasteiger partial charge in [0, 0.05) is 31.9 Å². The van der Waals surface area contributed by atoms with E-state index in [1.165, 1.54) is 11.3 Å². The Bertz CT molecular complexity index is 1000. The highest BCUT2D eigenvalue weighted by Gasteiger charge is 2.24. The van der Waals surface area contributed by atoms with Crippen LogP contribution in [-0.4, -0.2) is 47.0 Å². The molecule has 0 aliphatic carbocycles. The Morgan fingerprint density at radius 2 is 1.69 bits per heavy atom. The lowest BCUT2D eigenvalue weighted by atomic mass is 10.2. The van der Waals surface area contributed by atoms with Crippen molar-refractivity contribution in [1.82, 2.24) is 14.9 Å². The van der Waals surface area contributed by atoms with Crippen LogP contribution < -0.4 is 10.5 Å². The Morgan fingerprint density at radius 3 is 2.42 bits per heavy atom. The van der Waals surface area contributed by atoms with Gasteiger partial charge >= 0.3 is 0 Å². The second-order valence-corrected chi connectivity index (χ2v) is 6.55. The number of aromatic nitrogens is 2. The van der Waals surface area contributed by atoms with Gasteiger partial charge in [0.15, 0.2) is 5.82 Å². The summed E-state index contributed by atoms with van der Waals surface area (Å²) in [4.78, 5) is 35.9. The number of carbonyl (C=O) groups excluding carboxylic acids is 1. The predicted molar refractivity (Wildman–Crippen MR) is 102 cm³/mol. The predicted octanol–water partition coefficient (Wildman–Crippen LogP) is 2.19. The number of anilines is 1. The highest BCUT2D eigenvalue weighted by molar-refractivity contribution is 5.92. The quantitative estimate of drug-likeness (QED) is 0.771. The number of aromatic amines is 1. The zero-order valence-electron chi connectivity index (χ0n) is 14.6. The number of piperazine rings is 1. The average molecular weight is 348 g/mol. The third kappa shape index (κ3) is 3.06. The van der Waals surface area contributed by atoms with Gasteiger partial charge in [-0.1, -0.05) is 29.8 Å². The van der Waals surface area contributed by atoms with Crippen LogP contribution in [0.5, 0.6) is 0 Å². The third-order valence-electron chi connectivity index (χ3n) is 4.78. The molecule has 6 nitrogen and oxygen atoms in total. The summed E-state index contributed by atoms with van der Waals surface area (Å²) in [5.74, 6) is -0.117. The van der Waals surface area contributed by atoms with E-state index in [-0.39, 0.29) is 17.3 Å². The number of amides is 1. The van der Waals surface area contributed by atoms with Gasteiger partial charge in [0.25, 0.3) is 11.5 Å². The number of hydrogen-bond acceptors (Lipinski definition) is 4. The average Bonchev–Trinajstić information content (AvgIpc) is 2.68. The van der Waals surface area contributed by atoms with Crippen molar-refractivity contribution in [1.29, 1.82) is 0 Å². The maximum absolute atomic E-state index is 12.8. The second kappa shape index (κ2) is 6.63. The van der Waals surface area contributed by atoms with E-state index in [4.69, 9.17) is 0 Å². The van der Waals surface area contributed by atoms with E-state index in [0.717, 1.165) is 13.1 Å². The molecule has 1 N–H and O–H groups in total. The number of benzene rings is 2. The summed E-state index contributed by atoms with van der Waals surface area (Å²) in [6, 6.07) is 15.4. The Morgan fingerprint density at radius 1 is 1.00 bits per heavy atom. The lowest BCUT2D eigenvalue weighted by Crippen LogP contribution is -2.49. The van der Waals surface area contributed by atoms with Crippen molar-refractivity contribution in [3.63, 3.8) is 0 Å². The second-order valence-electron chi connectivity index (χ2n) is 6.55. The van der Waals surface area contributed by atoms with Gasteiger partial charge in [0.2, 0.25) is 0 Å². The van der Waals surface area contributed by atoms with Gasteiger partial charge in [0.1, 0.15) is 0 Å². The molecule has 132 valence electrons. The molecule has 0 radical (unpaired) electrons. The number of aryl methyl sites for hydroxylation is 1. The molecule has 0 bridgehead atoms. The topological polar surface area (TPSA) is 69.3 Å². The number of nitrogens with one attached hydrogen (secondary N) is 1. The standard InChI is InChI=1S/C20H20N4O2/c1-14-6-8-15(9-7-14)23-10-12-24(13-11-23)20(26)18-21-17-5-3-2-4-16(17)19(25)22-18/h2-9H,10-13H2,1H3,(H,21,22,25). The number of hydrogen-bond donors (Lipinski definition) is 1. The van der Waals surface area contributed by atoms with E-state index in [9.17, 15) is 9.59 Å². The molecule has 0 atom stereocenters. The molecule has 1 amide bonds. The smallest absolute Gasteiger partial charge is 0.289 e. The SMILES string of the molecule is Cc1ccc(N2CCN(C(=O)c3nc4ccccc4c(=O)[nH]3)CC2)cc1. The van der Waals surface area contributed by atoms with Gasteiger partial charge in [-0.15, -0.1) is 0 Å². The van der Waals surface area contributed by atoms with Gasteiger partial charge in [0.05, 0.1) is 10.9 Å². The van der Waals surface area contributed by atoms with Crippen LogP contribution in [-0.2, 0) is 0 Å². The lowest BCUT2D eigenvalue weighted by Gasteiger charge is -2.35. The summed E-state index contributed by atoms with van der Waals surface area (Å²) in [6.45, 7) is 4.78. The lowest BCUT2D eigenvalue weighted by molar-refractivity contribution is 0.0734. The molecular weight excluding hydrogens is 328 g/mol. The minimum absolute atomic E-state index is 0.109. The zero-order chi connectivity index (χ0) is 18.1. The van der Waals surface area contributed by atoms with Crippen molar-refractivity contribution in [2.45, 2.75) is 6.92 Å². The molecular formula is C20H20N4O2. The minimum Gasteiger partial charge on any atom is -0.368 e. The molecule has 0 saturated carbocycles. The van der Waals surface area contributed by atoms with Crippen molar-refractivity contribution < 1.29 is 4.79 Å². The largest absolute Gasteiger partial charge is 0.368 e. The molecule has 2 aromatic carbocycles. The van der Waals surface area contributed by atoms with Crippen molar-refractivity contribution >= 4 is 22.5 Å². The van der Waals surface area contributed by atoms with E-state index < -0.39 is 0 Å². The maximum atomic E-state index is 12.8. The molecule has 6 heteroatoms. The zero-order valence-corrected chi connectivity index (χ0v) is 14.6. The van der Waals surface area contributed by atoms with Crippen LogP contribution in [0.2, 0.25) is 0 Å². The molecule has 0 unspecified atom stereocenters. The van der Waals surface area contributed by atoms with Crippen molar-refractivity contribution in [3.05, 3.63) is 70.3 Å². The number of rotatable bonds is 2. The fourth-order valence-corrected chi connectivity index (χ4v) is 3.26. The van der Waals surface area contributed by atoms with Crippen LogP contribution in [0.15, 0.2) is 53.3 Å². The van der Waals surface area contributed by atoms with Crippen LogP contribution in [0.1, 0.15) is 16.2 Å². The first-order valence-corrected chi connectivity index (χ1v) is 8.72. The van der Waals surface area contributed by atoms with Gasteiger partial charge in [-0.25, -0.2) is 4.98 Å². The number of nitrogens with zero attached hydrogens (tertiary/aromatic N) is 3. The minimum atomic E-state index is -0.280. The fourth-order valence-electron chi connectivity index (χ4n) is 3.26. The highest BCUT2D eigenvalue weighted by atomic mass is 16.2. The van der Waals surface area contributed by atoms with E-state index in [0.29, 0.717) is 24.0 Å². The molecule has 3 aromatic rings. The van der Waals surface area contributed by atoms with E-state index in [1.54, 1.807) is 23.1 Å². The Kier molecular flexibility index (Phi) is 4.16. The first-order chi connectivity index (χ1) is 12.6. The van der Waals surface area contributed by atoms with Gasteiger partial charge in [-0.05, 0) is 31.2 Å². The molecule has 1 saturated heterocycles. The number of fused-ring (bicyclic) bond motifs is 1. The summed E-state index contributed by atoms with van der Waals surface area (Å²) < 4.78 is 0. The van der Waals surface area contributed by atoms with Crippen LogP contribution in [0.3, 0.4) is 0 Å². The van der Waals surface area contributed by atoms with Crippen LogP contribution in [0, 0.1) is 6.92 Å². The Labute approximate surface area is 151 Å². The Hall–Kier alpha value is -3.15. The maximum Gasteiger partial charge on any atom is 0.289 e. The van der Waals surface area contributed by atoms with E-state index >= 15 is 0 Å². The van der Waals surface area contributed by atoms with Crippen molar-refractivity contribution in [3.8, 4) is 0 Å². The normalized spacial score (nSPS) is 14.7. The van der Waals surface area contributed by atoms with Crippen molar-refractivity contribution in [2.75, 3.05) is 31.1 Å². The number of carbonyl (C=O) groups is 1. The van der Waals surface area contributed by atoms with Crippen molar-refractivity contribution in [2.24, 2.45) is 0 Å². The molecule has 2 heterocycles. The summed E-state index contributed by atoms with van der Waals surface area (Å²) in [5.41, 5.74) is 2.66. The third-order valence-corrected chi connectivity index (χ3v) is 4.78. The van der Waals surface area contributed by atoms with E-state index in [1.807, 2.05) is 6.07 Å². The monoisotopic (exact) mass is 348 g/mol. The van der Waals surface area contributed by atoms with E-state index in [2.05, 4.69) is 46.1 Å². The van der Waals surface area contributed by atoms with Crippen LogP contribution >= 0.6 is 0 Å². The summed E-state index contributed by atoms with van der Waals surface area (Å²) >= 11 is 0. The molecule has 1 aliphatic rings. The van der Waals surface area contributed by atoms with Gasteiger partial charge in [-0.2, -0.15) is 0 Å². The Balaban J connectivity index is 1.50.